The lowest BCUT2D eigenvalue weighted by Gasteiger charge is -2.11. The summed E-state index contributed by atoms with van der Waals surface area (Å²) in [6.45, 7) is 1.89. The van der Waals surface area contributed by atoms with Gasteiger partial charge in [-0.2, -0.15) is 0 Å². The molecule has 0 saturated carbocycles. The molecule has 4 heteroatoms. The van der Waals surface area contributed by atoms with Crippen LogP contribution < -0.4 is 0 Å². The average Bonchev–Trinajstić information content (AvgIpc) is 2.48. The lowest BCUT2D eigenvalue weighted by atomic mass is 9.99. The van der Waals surface area contributed by atoms with Gasteiger partial charge in [-0.15, -0.1) is 0 Å². The van der Waals surface area contributed by atoms with Crippen molar-refractivity contribution in [1.29, 1.82) is 0 Å². The van der Waals surface area contributed by atoms with Gasteiger partial charge in [0.1, 0.15) is 11.3 Å². The van der Waals surface area contributed by atoms with Crippen LogP contribution in [0.4, 0.5) is 0 Å². The van der Waals surface area contributed by atoms with Crippen molar-refractivity contribution in [3.05, 3.63) is 47.7 Å². The highest BCUT2D eigenvalue weighted by atomic mass is 16.5. The number of hydrogen-bond acceptors (Lipinski definition) is 4. The van der Waals surface area contributed by atoms with E-state index in [-0.39, 0.29) is 11.3 Å². The molecule has 1 heterocycles. The van der Waals surface area contributed by atoms with Crippen molar-refractivity contribution < 1.29 is 14.6 Å². The fraction of sp³-hybridized carbons (Fsp3) is 0.125. The number of phenolic OH excluding ortho intramolecular Hbond substituents is 1. The number of aromatic nitrogens is 1. The smallest absolute Gasteiger partial charge is 0.342 e. The van der Waals surface area contributed by atoms with E-state index in [2.05, 4.69) is 4.98 Å². The molecule has 20 heavy (non-hydrogen) atoms. The number of carbonyl (C=O) groups excluding carboxylic acids is 1. The van der Waals surface area contributed by atoms with Crippen LogP contribution in [0.25, 0.3) is 21.7 Å². The van der Waals surface area contributed by atoms with Gasteiger partial charge in [-0.1, -0.05) is 24.3 Å². The highest BCUT2D eigenvalue weighted by Crippen LogP contribution is 2.36. The van der Waals surface area contributed by atoms with E-state index in [9.17, 15) is 9.90 Å². The highest BCUT2D eigenvalue weighted by Gasteiger charge is 2.20. The van der Waals surface area contributed by atoms with Gasteiger partial charge in [0.25, 0.3) is 0 Å². The molecule has 0 fully saturated rings. The quantitative estimate of drug-likeness (QED) is 0.543. The van der Waals surface area contributed by atoms with Gasteiger partial charge in [-0.25, -0.2) is 4.79 Å². The minimum Gasteiger partial charge on any atom is -0.506 e. The summed E-state index contributed by atoms with van der Waals surface area (Å²) < 4.78 is 4.78. The second-order valence-electron chi connectivity index (χ2n) is 4.61. The number of phenols is 1. The molecule has 0 atom stereocenters. The van der Waals surface area contributed by atoms with E-state index in [4.69, 9.17) is 4.74 Å². The molecule has 0 radical (unpaired) electrons. The molecule has 0 aliphatic rings. The Hall–Kier alpha value is -2.62. The number of esters is 1. The van der Waals surface area contributed by atoms with Gasteiger partial charge in [-0.05, 0) is 19.1 Å². The van der Waals surface area contributed by atoms with Crippen molar-refractivity contribution in [2.75, 3.05) is 7.11 Å². The molecule has 1 aromatic heterocycles. The lowest BCUT2D eigenvalue weighted by molar-refractivity contribution is 0.0600. The highest BCUT2D eigenvalue weighted by molar-refractivity contribution is 6.18. The number of fused-ring (bicyclic) bond motifs is 3. The third kappa shape index (κ3) is 1.69. The number of benzene rings is 2. The fourth-order valence-corrected chi connectivity index (χ4v) is 2.43. The minimum absolute atomic E-state index is 0.0643. The zero-order valence-corrected chi connectivity index (χ0v) is 11.2. The number of aromatic hydroxyl groups is 1. The van der Waals surface area contributed by atoms with Gasteiger partial charge in [0, 0.05) is 21.9 Å². The Morgan fingerprint density at radius 1 is 1.10 bits per heavy atom. The second kappa shape index (κ2) is 4.49. The van der Waals surface area contributed by atoms with Crippen LogP contribution in [0.15, 0.2) is 36.4 Å². The molecule has 0 spiro atoms. The second-order valence-corrected chi connectivity index (χ2v) is 4.61. The molecule has 3 rings (SSSR count). The lowest BCUT2D eigenvalue weighted by Crippen LogP contribution is -2.04. The maximum Gasteiger partial charge on any atom is 0.342 e. The van der Waals surface area contributed by atoms with E-state index in [1.807, 2.05) is 31.2 Å². The van der Waals surface area contributed by atoms with Crippen molar-refractivity contribution in [3.63, 3.8) is 0 Å². The summed E-state index contributed by atoms with van der Waals surface area (Å²) in [5.41, 5.74) is 1.71. The van der Waals surface area contributed by atoms with Gasteiger partial charge >= 0.3 is 5.97 Å². The molecule has 0 aliphatic carbocycles. The molecule has 4 nitrogen and oxygen atoms in total. The molecular formula is C16H13NO3. The van der Waals surface area contributed by atoms with Gasteiger partial charge in [0.05, 0.1) is 12.6 Å². The molecule has 0 amide bonds. The van der Waals surface area contributed by atoms with Gasteiger partial charge < -0.3 is 9.84 Å². The van der Waals surface area contributed by atoms with E-state index in [1.54, 1.807) is 12.1 Å². The summed E-state index contributed by atoms with van der Waals surface area (Å²) in [5, 5.41) is 12.4. The topological polar surface area (TPSA) is 59.4 Å². The van der Waals surface area contributed by atoms with E-state index in [0.29, 0.717) is 16.3 Å². The first-order valence-electron chi connectivity index (χ1n) is 6.23. The van der Waals surface area contributed by atoms with Crippen LogP contribution in [0.2, 0.25) is 0 Å². The Morgan fingerprint density at radius 3 is 2.50 bits per heavy atom. The van der Waals surface area contributed by atoms with Crippen molar-refractivity contribution in [2.24, 2.45) is 0 Å². The van der Waals surface area contributed by atoms with E-state index in [1.165, 1.54) is 7.11 Å². The van der Waals surface area contributed by atoms with Gasteiger partial charge in [-0.3, -0.25) is 4.98 Å². The van der Waals surface area contributed by atoms with E-state index in [0.717, 1.165) is 11.1 Å². The van der Waals surface area contributed by atoms with Crippen LogP contribution in [-0.2, 0) is 4.74 Å². The minimum atomic E-state index is -0.566. The number of hydrogen-bond donors (Lipinski definition) is 1. The maximum absolute atomic E-state index is 12.0. The number of methoxy groups -OCH3 is 1. The largest absolute Gasteiger partial charge is 0.506 e. The fourth-order valence-electron chi connectivity index (χ4n) is 2.43. The summed E-state index contributed by atoms with van der Waals surface area (Å²) in [5.74, 6) is -0.630. The summed E-state index contributed by atoms with van der Waals surface area (Å²) >= 11 is 0. The zero-order chi connectivity index (χ0) is 14.3. The van der Waals surface area contributed by atoms with Crippen LogP contribution in [-0.4, -0.2) is 23.2 Å². The monoisotopic (exact) mass is 267 g/mol. The molecule has 0 aliphatic heterocycles. The Bertz CT molecular complexity index is 840. The predicted molar refractivity (Wildman–Crippen MR) is 77.0 cm³/mol. The zero-order valence-electron chi connectivity index (χ0n) is 11.2. The summed E-state index contributed by atoms with van der Waals surface area (Å²) in [4.78, 5) is 16.5. The molecule has 1 N–H and O–H groups in total. The predicted octanol–water partition coefficient (Wildman–Crippen LogP) is 3.19. The normalized spacial score (nSPS) is 10.9. The Labute approximate surface area is 115 Å². The van der Waals surface area contributed by atoms with Gasteiger partial charge in [0.2, 0.25) is 0 Å². The summed E-state index contributed by atoms with van der Waals surface area (Å²) in [7, 11) is 1.30. The number of aryl methyl sites for hydroxylation is 1. The Morgan fingerprint density at radius 2 is 1.80 bits per heavy atom. The van der Waals surface area contributed by atoms with Crippen molar-refractivity contribution in [1.82, 2.24) is 4.98 Å². The van der Waals surface area contributed by atoms with Crippen molar-refractivity contribution >= 4 is 27.6 Å². The molecular weight excluding hydrogens is 254 g/mol. The molecule has 2 aromatic carbocycles. The number of rotatable bonds is 1. The Kier molecular flexibility index (Phi) is 2.79. The third-order valence-electron chi connectivity index (χ3n) is 3.37. The van der Waals surface area contributed by atoms with Crippen LogP contribution in [0.1, 0.15) is 16.1 Å². The van der Waals surface area contributed by atoms with Crippen LogP contribution in [0, 0.1) is 6.92 Å². The molecule has 3 aromatic rings. The van der Waals surface area contributed by atoms with Crippen LogP contribution in [0.3, 0.4) is 0 Å². The number of nitrogens with zero attached hydrogens (tertiary/aromatic N) is 1. The first-order chi connectivity index (χ1) is 9.63. The van der Waals surface area contributed by atoms with Crippen molar-refractivity contribution in [3.8, 4) is 5.75 Å². The number of ether oxygens (including phenoxy) is 1. The Balaban J connectivity index is 2.59. The average molecular weight is 267 g/mol. The summed E-state index contributed by atoms with van der Waals surface area (Å²) in [6.07, 6.45) is 0. The summed E-state index contributed by atoms with van der Waals surface area (Å²) in [6, 6.07) is 10.9. The van der Waals surface area contributed by atoms with E-state index < -0.39 is 5.97 Å². The molecule has 100 valence electrons. The molecule has 0 unspecified atom stereocenters. The number of pyridine rings is 1. The first-order valence-corrected chi connectivity index (χ1v) is 6.23. The van der Waals surface area contributed by atoms with Crippen LogP contribution >= 0.6 is 0 Å². The first kappa shape index (κ1) is 12.4. The SMILES string of the molecule is COC(=O)c1c(O)c2ccccc2c2nc(C)ccc12. The molecule has 0 saturated heterocycles. The molecule has 0 bridgehead atoms. The van der Waals surface area contributed by atoms with Gasteiger partial charge in [0.15, 0.2) is 0 Å². The van der Waals surface area contributed by atoms with E-state index >= 15 is 0 Å². The standard InChI is InChI=1S/C16H13NO3/c1-9-7-8-12-13(16(19)20-2)15(18)11-6-4-3-5-10(11)14(12)17-9/h3-8,18H,1-2H3. The number of carbonyl (C=O) groups is 1. The maximum atomic E-state index is 12.0. The van der Waals surface area contributed by atoms with Crippen LogP contribution in [0.5, 0.6) is 5.75 Å². The third-order valence-corrected chi connectivity index (χ3v) is 3.37. The van der Waals surface area contributed by atoms with Crippen molar-refractivity contribution in [2.45, 2.75) is 6.92 Å².